The Hall–Kier alpha value is -7.01. The van der Waals surface area contributed by atoms with Gasteiger partial charge in [0.25, 0.3) is 0 Å². The zero-order chi connectivity index (χ0) is 38.8. The van der Waals surface area contributed by atoms with Gasteiger partial charge in [-0.15, -0.1) is 11.3 Å². The van der Waals surface area contributed by atoms with Gasteiger partial charge < -0.3 is 0 Å². The van der Waals surface area contributed by atoms with Crippen molar-refractivity contribution in [3.05, 3.63) is 199 Å². The number of fused-ring (bicyclic) bond motifs is 6. The zero-order valence-electron chi connectivity index (χ0n) is 32.1. The van der Waals surface area contributed by atoms with Gasteiger partial charge in [-0.2, -0.15) is 0 Å². The molecule has 0 aliphatic heterocycles. The van der Waals surface area contributed by atoms with Crippen molar-refractivity contribution >= 4 is 31.5 Å². The molecule has 8 aromatic carbocycles. The fourth-order valence-electron chi connectivity index (χ4n) is 8.74. The molecule has 0 unspecified atom stereocenters. The van der Waals surface area contributed by atoms with E-state index in [1.807, 2.05) is 72.0 Å². The molecule has 0 spiro atoms. The first-order chi connectivity index (χ1) is 28.5. The van der Waals surface area contributed by atoms with E-state index < -0.39 is 0 Å². The second-order valence-electron chi connectivity index (χ2n) is 15.6. The second-order valence-corrected chi connectivity index (χ2v) is 16.7. The number of aromatic nitrogens is 3. The van der Waals surface area contributed by atoms with E-state index in [1.54, 1.807) is 0 Å². The van der Waals surface area contributed by atoms with Crippen molar-refractivity contribution in [3.63, 3.8) is 0 Å². The Morgan fingerprint density at radius 1 is 0.328 bits per heavy atom. The highest BCUT2D eigenvalue weighted by molar-refractivity contribution is 7.25. The number of hydrogen-bond acceptors (Lipinski definition) is 4. The third-order valence-corrected chi connectivity index (χ3v) is 12.9. The third kappa shape index (κ3) is 5.76. The Labute approximate surface area is 342 Å². The van der Waals surface area contributed by atoms with Crippen molar-refractivity contribution in [1.29, 1.82) is 0 Å². The van der Waals surface area contributed by atoms with Crippen LogP contribution in [0, 0.1) is 0 Å². The van der Waals surface area contributed by atoms with Gasteiger partial charge in [-0.1, -0.05) is 166 Å². The maximum atomic E-state index is 4.99. The summed E-state index contributed by atoms with van der Waals surface area (Å²) in [6.07, 6.45) is 0. The fraction of sp³-hybridized carbons (Fsp3) is 0.0556. The molecule has 0 saturated carbocycles. The van der Waals surface area contributed by atoms with Gasteiger partial charge in [0.1, 0.15) is 0 Å². The molecule has 3 nitrogen and oxygen atoms in total. The lowest BCUT2D eigenvalue weighted by Crippen LogP contribution is -2.15. The van der Waals surface area contributed by atoms with Gasteiger partial charge in [0.05, 0.1) is 0 Å². The Bertz CT molecular complexity index is 3120. The van der Waals surface area contributed by atoms with Crippen molar-refractivity contribution in [3.8, 4) is 78.7 Å². The molecule has 0 atom stereocenters. The molecule has 58 heavy (non-hydrogen) atoms. The van der Waals surface area contributed by atoms with Crippen molar-refractivity contribution in [2.45, 2.75) is 19.3 Å². The first kappa shape index (κ1) is 34.3. The molecule has 0 fully saturated rings. The van der Waals surface area contributed by atoms with Gasteiger partial charge in [0.15, 0.2) is 17.5 Å². The lowest BCUT2D eigenvalue weighted by atomic mass is 9.80. The normalized spacial score (nSPS) is 12.8. The second kappa shape index (κ2) is 13.6. The van der Waals surface area contributed by atoms with Gasteiger partial charge in [-0.3, -0.25) is 0 Å². The van der Waals surface area contributed by atoms with E-state index in [2.05, 4.69) is 141 Å². The highest BCUT2D eigenvalue weighted by Crippen LogP contribution is 2.52. The Morgan fingerprint density at radius 3 is 1.62 bits per heavy atom. The third-order valence-electron chi connectivity index (χ3n) is 11.8. The van der Waals surface area contributed by atoms with Crippen molar-refractivity contribution < 1.29 is 0 Å². The van der Waals surface area contributed by atoms with E-state index in [9.17, 15) is 0 Å². The Morgan fingerprint density at radius 2 is 0.879 bits per heavy atom. The van der Waals surface area contributed by atoms with Crippen LogP contribution in [0.5, 0.6) is 0 Å². The highest BCUT2D eigenvalue weighted by Gasteiger charge is 2.36. The van der Waals surface area contributed by atoms with Gasteiger partial charge >= 0.3 is 0 Å². The monoisotopic (exact) mass is 759 g/mol. The number of benzene rings is 8. The average molecular weight is 760 g/mol. The lowest BCUT2D eigenvalue weighted by Gasteiger charge is -2.23. The van der Waals surface area contributed by atoms with E-state index in [4.69, 9.17) is 15.0 Å². The number of nitrogens with zero attached hydrogens (tertiary/aromatic N) is 3. The molecule has 0 radical (unpaired) electrons. The predicted molar refractivity (Wildman–Crippen MR) is 243 cm³/mol. The fourth-order valence-corrected chi connectivity index (χ4v) is 9.82. The van der Waals surface area contributed by atoms with Crippen LogP contribution in [0.3, 0.4) is 0 Å². The van der Waals surface area contributed by atoms with Crippen molar-refractivity contribution in [1.82, 2.24) is 15.0 Å². The van der Waals surface area contributed by atoms with E-state index >= 15 is 0 Å². The summed E-state index contributed by atoms with van der Waals surface area (Å²) in [7, 11) is 0. The van der Waals surface area contributed by atoms with Crippen LogP contribution < -0.4 is 0 Å². The van der Waals surface area contributed by atoms with Crippen LogP contribution in [0.25, 0.3) is 98.8 Å². The standard InChI is InChI=1S/C54H37N3S/c1-54(2)47-22-11-9-20-41(47)45-32-43(39-28-29-50-46(31-39)42-21-10-12-23-49(42)58-50)44(33-48(45)54)35-26-24-34(25-27-35)38-18-13-19-40(30-38)53-56-51(36-14-5-3-6-15-36)55-52(57-53)37-16-7-4-8-17-37/h3-33H,1-2H3. The lowest BCUT2D eigenvalue weighted by molar-refractivity contribution is 0.660. The summed E-state index contributed by atoms with van der Waals surface area (Å²) in [4.78, 5) is 14.9. The minimum Gasteiger partial charge on any atom is -0.208 e. The molecular formula is C54H37N3S. The molecule has 0 saturated heterocycles. The Balaban J connectivity index is 1.02. The molecule has 0 amide bonds. The van der Waals surface area contributed by atoms with Crippen LogP contribution in [-0.2, 0) is 5.41 Å². The summed E-state index contributed by atoms with van der Waals surface area (Å²) in [5.41, 5.74) is 15.3. The van der Waals surface area contributed by atoms with Gasteiger partial charge in [-0.05, 0) is 92.0 Å². The highest BCUT2D eigenvalue weighted by atomic mass is 32.1. The molecule has 0 N–H and O–H groups in total. The molecular weight excluding hydrogens is 723 g/mol. The largest absolute Gasteiger partial charge is 0.208 e. The first-order valence-electron chi connectivity index (χ1n) is 19.8. The zero-order valence-corrected chi connectivity index (χ0v) is 33.0. The van der Waals surface area contributed by atoms with Crippen LogP contribution in [0.2, 0.25) is 0 Å². The topological polar surface area (TPSA) is 38.7 Å². The number of rotatable bonds is 6. The van der Waals surface area contributed by atoms with E-state index in [1.165, 1.54) is 64.7 Å². The molecule has 2 aromatic heterocycles. The summed E-state index contributed by atoms with van der Waals surface area (Å²) >= 11 is 1.86. The van der Waals surface area contributed by atoms with E-state index in [-0.39, 0.29) is 5.41 Å². The van der Waals surface area contributed by atoms with Crippen LogP contribution >= 0.6 is 11.3 Å². The summed E-state index contributed by atoms with van der Waals surface area (Å²) in [5.74, 6) is 1.96. The van der Waals surface area contributed by atoms with Crippen molar-refractivity contribution in [2.75, 3.05) is 0 Å². The maximum Gasteiger partial charge on any atom is 0.164 e. The first-order valence-corrected chi connectivity index (χ1v) is 20.6. The summed E-state index contributed by atoms with van der Waals surface area (Å²) in [6, 6.07) is 67.4. The van der Waals surface area contributed by atoms with E-state index in [0.29, 0.717) is 17.5 Å². The van der Waals surface area contributed by atoms with Gasteiger partial charge in [-0.25, -0.2) is 15.0 Å². The summed E-state index contributed by atoms with van der Waals surface area (Å²) in [6.45, 7) is 4.72. The minimum atomic E-state index is -0.108. The van der Waals surface area contributed by atoms with Crippen molar-refractivity contribution in [2.24, 2.45) is 0 Å². The SMILES string of the molecule is CC1(C)c2ccccc2-c2cc(-c3ccc4sc5ccccc5c4c3)c(-c3ccc(-c4cccc(-c5nc(-c6ccccc6)nc(-c6ccccc6)n5)c4)cc3)cc21. The number of thiophene rings is 1. The molecule has 4 heteroatoms. The van der Waals surface area contributed by atoms with Crippen LogP contribution in [0.4, 0.5) is 0 Å². The van der Waals surface area contributed by atoms with Crippen LogP contribution in [0.1, 0.15) is 25.0 Å². The molecule has 1 aliphatic rings. The quantitative estimate of drug-likeness (QED) is 0.169. The maximum absolute atomic E-state index is 4.99. The van der Waals surface area contributed by atoms with Gasteiger partial charge in [0.2, 0.25) is 0 Å². The molecule has 0 bridgehead atoms. The van der Waals surface area contributed by atoms with Gasteiger partial charge in [0, 0.05) is 42.3 Å². The summed E-state index contributed by atoms with van der Waals surface area (Å²) in [5, 5.41) is 2.63. The molecule has 274 valence electrons. The minimum absolute atomic E-state index is 0.108. The molecule has 11 rings (SSSR count). The van der Waals surface area contributed by atoms with Crippen LogP contribution in [0.15, 0.2) is 188 Å². The molecule has 10 aromatic rings. The summed E-state index contributed by atoms with van der Waals surface area (Å²) < 4.78 is 2.64. The Kier molecular flexibility index (Phi) is 8.02. The number of hydrogen-bond donors (Lipinski definition) is 0. The molecule has 1 aliphatic carbocycles. The molecule has 2 heterocycles. The van der Waals surface area contributed by atoms with E-state index in [0.717, 1.165) is 27.8 Å². The predicted octanol–water partition coefficient (Wildman–Crippen LogP) is 14.5. The van der Waals surface area contributed by atoms with Crippen LogP contribution in [-0.4, -0.2) is 15.0 Å². The smallest absolute Gasteiger partial charge is 0.164 e. The average Bonchev–Trinajstić information content (AvgIpc) is 3.77.